The molecule has 0 saturated heterocycles. The molecule has 6 heteroatoms. The van der Waals surface area contributed by atoms with Gasteiger partial charge in [-0.1, -0.05) is 12.1 Å². The Balaban J connectivity index is 2.30. The lowest BCUT2D eigenvalue weighted by atomic mass is 10.0. The topological polar surface area (TPSA) is 107 Å². The molecule has 1 unspecified atom stereocenters. The zero-order valence-corrected chi connectivity index (χ0v) is 11.0. The molecule has 1 atom stereocenters. The quantitative estimate of drug-likeness (QED) is 0.450. The van der Waals surface area contributed by atoms with Gasteiger partial charge in [0.25, 0.3) is 5.69 Å². The zero-order valence-electron chi connectivity index (χ0n) is 11.0. The van der Waals surface area contributed by atoms with Crippen LogP contribution in [0.5, 0.6) is 0 Å². The van der Waals surface area contributed by atoms with Crippen molar-refractivity contribution in [2.75, 3.05) is 16.8 Å². The van der Waals surface area contributed by atoms with Crippen LogP contribution in [0.1, 0.15) is 18.5 Å². The van der Waals surface area contributed by atoms with Crippen molar-refractivity contribution in [1.82, 2.24) is 0 Å². The molecule has 2 rings (SSSR count). The van der Waals surface area contributed by atoms with Gasteiger partial charge in [-0.15, -0.1) is 0 Å². The van der Waals surface area contributed by atoms with E-state index < -0.39 is 4.92 Å². The maximum Gasteiger partial charge on any atom is 0.292 e. The van der Waals surface area contributed by atoms with Gasteiger partial charge in [-0.2, -0.15) is 0 Å². The molecular formula is C14H16N4O2. The number of nitrogens with zero attached hydrogens (tertiary/aromatic N) is 1. The maximum absolute atomic E-state index is 11.0. The van der Waals surface area contributed by atoms with E-state index in [1.54, 1.807) is 36.4 Å². The van der Waals surface area contributed by atoms with Crippen molar-refractivity contribution in [2.24, 2.45) is 0 Å². The smallest absolute Gasteiger partial charge is 0.292 e. The third kappa shape index (κ3) is 2.80. The molecule has 0 aliphatic rings. The third-order valence-corrected chi connectivity index (χ3v) is 3.05. The molecule has 0 bridgehead atoms. The molecule has 0 spiro atoms. The summed E-state index contributed by atoms with van der Waals surface area (Å²) >= 11 is 0. The van der Waals surface area contributed by atoms with Crippen LogP contribution in [0.15, 0.2) is 42.5 Å². The van der Waals surface area contributed by atoms with Crippen molar-refractivity contribution >= 4 is 22.7 Å². The molecule has 104 valence electrons. The number of nitro benzene ring substituents is 1. The Morgan fingerprint density at radius 1 is 1.20 bits per heavy atom. The first kappa shape index (κ1) is 13.7. The SMILES string of the molecule is CC(Nc1ccccc1[N+](=O)[O-])c1cc(N)ccc1N. The van der Waals surface area contributed by atoms with Gasteiger partial charge >= 0.3 is 0 Å². The Kier molecular flexibility index (Phi) is 3.74. The van der Waals surface area contributed by atoms with Gasteiger partial charge in [0.15, 0.2) is 0 Å². The number of hydrogen-bond acceptors (Lipinski definition) is 5. The molecule has 5 N–H and O–H groups in total. The summed E-state index contributed by atoms with van der Waals surface area (Å²) in [4.78, 5) is 10.6. The Bertz CT molecular complexity index is 643. The average Bonchev–Trinajstić information content (AvgIpc) is 2.41. The largest absolute Gasteiger partial charge is 0.399 e. The van der Waals surface area contributed by atoms with E-state index in [1.807, 2.05) is 6.92 Å². The van der Waals surface area contributed by atoms with Crippen LogP contribution in [0.4, 0.5) is 22.7 Å². The van der Waals surface area contributed by atoms with Crippen LogP contribution in [0.25, 0.3) is 0 Å². The average molecular weight is 272 g/mol. The summed E-state index contributed by atoms with van der Waals surface area (Å²) in [6, 6.07) is 11.5. The summed E-state index contributed by atoms with van der Waals surface area (Å²) in [6.45, 7) is 1.88. The number of nitrogen functional groups attached to an aromatic ring is 2. The van der Waals surface area contributed by atoms with Crippen molar-refractivity contribution in [1.29, 1.82) is 0 Å². The lowest BCUT2D eigenvalue weighted by Crippen LogP contribution is -2.10. The molecule has 0 aliphatic heterocycles. The predicted molar refractivity (Wildman–Crippen MR) is 80.4 cm³/mol. The fourth-order valence-electron chi connectivity index (χ4n) is 2.03. The summed E-state index contributed by atoms with van der Waals surface area (Å²) in [5.74, 6) is 0. The van der Waals surface area contributed by atoms with E-state index >= 15 is 0 Å². The second-order valence-electron chi connectivity index (χ2n) is 4.53. The molecule has 6 nitrogen and oxygen atoms in total. The van der Waals surface area contributed by atoms with Gasteiger partial charge in [0.1, 0.15) is 5.69 Å². The molecule has 0 aliphatic carbocycles. The van der Waals surface area contributed by atoms with E-state index in [0.29, 0.717) is 17.1 Å². The monoisotopic (exact) mass is 272 g/mol. The fraction of sp³-hybridized carbons (Fsp3) is 0.143. The number of nitro groups is 1. The number of anilines is 3. The highest BCUT2D eigenvalue weighted by Crippen LogP contribution is 2.30. The minimum absolute atomic E-state index is 0.0295. The number of benzene rings is 2. The summed E-state index contributed by atoms with van der Waals surface area (Å²) < 4.78 is 0. The first-order valence-electron chi connectivity index (χ1n) is 6.14. The molecule has 2 aromatic carbocycles. The standard InChI is InChI=1S/C14H16N4O2/c1-9(11-8-10(15)6-7-12(11)16)17-13-4-2-3-5-14(13)18(19)20/h2-9,17H,15-16H2,1H3. The van der Waals surface area contributed by atoms with Gasteiger partial charge in [0.2, 0.25) is 0 Å². The van der Waals surface area contributed by atoms with Gasteiger partial charge in [-0.05, 0) is 36.8 Å². The summed E-state index contributed by atoms with van der Waals surface area (Å²) in [5.41, 5.74) is 14.1. The van der Waals surface area contributed by atoms with Gasteiger partial charge in [-0.3, -0.25) is 10.1 Å². The minimum atomic E-state index is -0.419. The summed E-state index contributed by atoms with van der Waals surface area (Å²) in [7, 11) is 0. The third-order valence-electron chi connectivity index (χ3n) is 3.05. The second-order valence-corrected chi connectivity index (χ2v) is 4.53. The highest BCUT2D eigenvalue weighted by Gasteiger charge is 2.16. The molecule has 0 fully saturated rings. The first-order chi connectivity index (χ1) is 9.49. The van der Waals surface area contributed by atoms with Crippen LogP contribution in [0, 0.1) is 10.1 Å². The fourth-order valence-corrected chi connectivity index (χ4v) is 2.03. The molecule has 2 aromatic rings. The van der Waals surface area contributed by atoms with E-state index in [-0.39, 0.29) is 11.7 Å². The number of nitrogens with two attached hydrogens (primary N) is 2. The van der Waals surface area contributed by atoms with Gasteiger partial charge in [0, 0.05) is 17.4 Å². The van der Waals surface area contributed by atoms with Crippen LogP contribution in [-0.4, -0.2) is 4.92 Å². The molecule has 0 amide bonds. The van der Waals surface area contributed by atoms with E-state index in [0.717, 1.165) is 5.56 Å². The molecule has 20 heavy (non-hydrogen) atoms. The molecule has 0 aromatic heterocycles. The van der Waals surface area contributed by atoms with Crippen molar-refractivity contribution in [3.63, 3.8) is 0 Å². The van der Waals surface area contributed by atoms with E-state index in [9.17, 15) is 10.1 Å². The Labute approximate surface area is 116 Å². The van der Waals surface area contributed by atoms with Crippen LogP contribution in [-0.2, 0) is 0 Å². The minimum Gasteiger partial charge on any atom is -0.399 e. The van der Waals surface area contributed by atoms with Gasteiger partial charge in [0.05, 0.1) is 11.0 Å². The maximum atomic E-state index is 11.0. The van der Waals surface area contributed by atoms with E-state index in [1.165, 1.54) is 6.07 Å². The van der Waals surface area contributed by atoms with Crippen LogP contribution in [0.3, 0.4) is 0 Å². The Morgan fingerprint density at radius 3 is 2.60 bits per heavy atom. The summed E-state index contributed by atoms with van der Waals surface area (Å²) in [5, 5.41) is 14.1. The molecular weight excluding hydrogens is 256 g/mol. The zero-order chi connectivity index (χ0) is 14.7. The van der Waals surface area contributed by atoms with Gasteiger partial charge < -0.3 is 16.8 Å². The number of rotatable bonds is 4. The first-order valence-corrected chi connectivity index (χ1v) is 6.14. The van der Waals surface area contributed by atoms with Crippen molar-refractivity contribution < 1.29 is 4.92 Å². The molecule has 0 saturated carbocycles. The van der Waals surface area contributed by atoms with E-state index in [2.05, 4.69) is 5.32 Å². The summed E-state index contributed by atoms with van der Waals surface area (Å²) in [6.07, 6.45) is 0. The number of hydrogen-bond donors (Lipinski definition) is 3. The Hall–Kier alpha value is -2.76. The van der Waals surface area contributed by atoms with Gasteiger partial charge in [-0.25, -0.2) is 0 Å². The number of nitrogens with one attached hydrogen (secondary N) is 1. The molecule has 0 radical (unpaired) electrons. The number of para-hydroxylation sites is 2. The second kappa shape index (κ2) is 5.48. The van der Waals surface area contributed by atoms with Crippen molar-refractivity contribution in [3.05, 3.63) is 58.1 Å². The highest BCUT2D eigenvalue weighted by molar-refractivity contribution is 5.64. The van der Waals surface area contributed by atoms with Crippen LogP contribution < -0.4 is 16.8 Å². The van der Waals surface area contributed by atoms with Crippen LogP contribution >= 0.6 is 0 Å². The van der Waals surface area contributed by atoms with E-state index in [4.69, 9.17) is 11.5 Å². The van der Waals surface area contributed by atoms with Crippen molar-refractivity contribution in [3.8, 4) is 0 Å². The Morgan fingerprint density at radius 2 is 1.90 bits per heavy atom. The molecule has 0 heterocycles. The highest BCUT2D eigenvalue weighted by atomic mass is 16.6. The normalized spacial score (nSPS) is 11.8. The van der Waals surface area contributed by atoms with Crippen molar-refractivity contribution in [2.45, 2.75) is 13.0 Å². The predicted octanol–water partition coefficient (Wildman–Crippen LogP) is 2.93. The lowest BCUT2D eigenvalue weighted by Gasteiger charge is -2.18. The van der Waals surface area contributed by atoms with Crippen LogP contribution in [0.2, 0.25) is 0 Å². The lowest BCUT2D eigenvalue weighted by molar-refractivity contribution is -0.384.